The molecule has 11 nitrogen and oxygen atoms in total. The van der Waals surface area contributed by atoms with Crippen LogP contribution in [0.2, 0.25) is 0 Å². The Labute approximate surface area is 135 Å². The number of hydrogen-bond donors (Lipinski definition) is 3. The zero-order valence-corrected chi connectivity index (χ0v) is 13.1. The maximum absolute atomic E-state index is 11.5. The number of rotatable bonds is 12. The van der Waals surface area contributed by atoms with Crippen LogP contribution in [0.3, 0.4) is 0 Å². The fourth-order valence-electron chi connectivity index (χ4n) is 1.27. The van der Waals surface area contributed by atoms with Crippen molar-refractivity contribution in [1.29, 1.82) is 0 Å². The summed E-state index contributed by atoms with van der Waals surface area (Å²) in [4.78, 5) is 58.4. The van der Waals surface area contributed by atoms with Crippen LogP contribution in [0.4, 0.5) is 0 Å². The molecule has 0 aliphatic heterocycles. The standard InChI is InChI=1S/C11H17N3O8S/c1-7(15)13-8(11(18)19)5-23-6-9(16)10(17)12-3-2-4-22-14(20)21/h8H,2-6H2,1H3,(H,12,17)(H,13,15)(H,18,19)/t8-/m0/s1. The second kappa shape index (κ2) is 11.2. The lowest BCUT2D eigenvalue weighted by molar-refractivity contribution is -0.757. The Morgan fingerprint density at radius 3 is 2.52 bits per heavy atom. The maximum atomic E-state index is 11.5. The van der Waals surface area contributed by atoms with Crippen molar-refractivity contribution in [2.24, 2.45) is 0 Å². The third-order valence-electron chi connectivity index (χ3n) is 2.25. The Morgan fingerprint density at radius 1 is 1.35 bits per heavy atom. The van der Waals surface area contributed by atoms with E-state index in [-0.39, 0.29) is 31.1 Å². The molecule has 0 aromatic carbocycles. The van der Waals surface area contributed by atoms with Crippen LogP contribution in [-0.4, -0.2) is 64.5 Å². The quantitative estimate of drug-likeness (QED) is 0.166. The van der Waals surface area contributed by atoms with Gasteiger partial charge in [0, 0.05) is 19.2 Å². The molecule has 3 N–H and O–H groups in total. The Balaban J connectivity index is 3.94. The van der Waals surface area contributed by atoms with E-state index < -0.39 is 34.7 Å². The van der Waals surface area contributed by atoms with E-state index in [2.05, 4.69) is 15.5 Å². The van der Waals surface area contributed by atoms with E-state index in [1.165, 1.54) is 6.92 Å². The number of ketones is 1. The van der Waals surface area contributed by atoms with Crippen LogP contribution in [0.25, 0.3) is 0 Å². The van der Waals surface area contributed by atoms with Gasteiger partial charge in [-0.1, -0.05) is 0 Å². The number of amides is 2. The van der Waals surface area contributed by atoms with Crippen molar-refractivity contribution in [2.45, 2.75) is 19.4 Å². The number of thioether (sulfide) groups is 1. The van der Waals surface area contributed by atoms with Crippen LogP contribution in [0.15, 0.2) is 0 Å². The highest BCUT2D eigenvalue weighted by Gasteiger charge is 2.20. The molecule has 0 saturated heterocycles. The normalized spacial score (nSPS) is 11.2. The van der Waals surface area contributed by atoms with Gasteiger partial charge in [0.25, 0.3) is 11.0 Å². The third kappa shape index (κ3) is 10.9. The SMILES string of the molecule is CC(=O)N[C@@H](CSCC(=O)C(=O)NCCCO[N+](=O)[O-])C(=O)O. The van der Waals surface area contributed by atoms with Gasteiger partial charge < -0.3 is 20.6 Å². The Morgan fingerprint density at radius 2 is 2.00 bits per heavy atom. The second-order valence-electron chi connectivity index (χ2n) is 4.20. The monoisotopic (exact) mass is 351 g/mol. The molecule has 2 amide bonds. The fraction of sp³-hybridized carbons (Fsp3) is 0.636. The summed E-state index contributed by atoms with van der Waals surface area (Å²) in [5, 5.41) is 22.2. The minimum Gasteiger partial charge on any atom is -0.480 e. The fourth-order valence-corrected chi connectivity index (χ4v) is 2.16. The van der Waals surface area contributed by atoms with Crippen LogP contribution in [0.1, 0.15) is 13.3 Å². The van der Waals surface area contributed by atoms with Gasteiger partial charge in [-0.15, -0.1) is 10.1 Å². The summed E-state index contributed by atoms with van der Waals surface area (Å²) in [6.45, 7) is 1.00. The topological polar surface area (TPSA) is 165 Å². The van der Waals surface area contributed by atoms with Gasteiger partial charge in [-0.05, 0) is 6.42 Å². The summed E-state index contributed by atoms with van der Waals surface area (Å²) in [5.74, 6) is -3.71. The highest BCUT2D eigenvalue weighted by atomic mass is 32.2. The molecule has 0 spiro atoms. The summed E-state index contributed by atoms with van der Waals surface area (Å²) in [6.07, 6.45) is 0.163. The number of Topliss-reactive ketones (excluding diaryl/α,β-unsaturated/α-hetero) is 1. The largest absolute Gasteiger partial charge is 0.480 e. The van der Waals surface area contributed by atoms with Crippen LogP contribution in [-0.2, 0) is 24.0 Å². The summed E-state index contributed by atoms with van der Waals surface area (Å²) in [5.41, 5.74) is 0. The molecule has 0 saturated carbocycles. The minimum atomic E-state index is -1.24. The maximum Gasteiger partial charge on any atom is 0.327 e. The molecule has 0 fully saturated rings. The van der Waals surface area contributed by atoms with E-state index in [1.807, 2.05) is 0 Å². The first-order valence-corrected chi connectivity index (χ1v) is 7.55. The minimum absolute atomic E-state index is 0.0344. The van der Waals surface area contributed by atoms with Crippen LogP contribution < -0.4 is 10.6 Å². The number of carboxylic acid groups (broad SMARTS) is 1. The van der Waals surface area contributed by atoms with Gasteiger partial charge in [-0.3, -0.25) is 14.4 Å². The zero-order valence-electron chi connectivity index (χ0n) is 12.3. The molecule has 0 unspecified atom stereocenters. The number of aliphatic carboxylic acids is 1. The van der Waals surface area contributed by atoms with E-state index in [4.69, 9.17) is 5.11 Å². The molecular formula is C11H17N3O8S. The molecule has 12 heteroatoms. The van der Waals surface area contributed by atoms with Crippen LogP contribution in [0, 0.1) is 10.1 Å². The van der Waals surface area contributed by atoms with Crippen LogP contribution in [0.5, 0.6) is 0 Å². The lowest BCUT2D eigenvalue weighted by atomic mass is 10.3. The van der Waals surface area contributed by atoms with Crippen molar-refractivity contribution in [3.63, 3.8) is 0 Å². The lowest BCUT2D eigenvalue weighted by Crippen LogP contribution is -2.42. The third-order valence-corrected chi connectivity index (χ3v) is 3.29. The Kier molecular flexibility index (Phi) is 10.1. The molecule has 0 rings (SSSR count). The van der Waals surface area contributed by atoms with Gasteiger partial charge in [0.15, 0.2) is 0 Å². The Bertz CT molecular complexity index is 470. The van der Waals surface area contributed by atoms with Crippen molar-refractivity contribution < 1.29 is 34.2 Å². The first-order valence-electron chi connectivity index (χ1n) is 6.40. The van der Waals surface area contributed by atoms with Crippen molar-refractivity contribution >= 4 is 35.3 Å². The molecule has 130 valence electrons. The number of carbonyl (C=O) groups is 4. The highest BCUT2D eigenvalue weighted by Crippen LogP contribution is 2.04. The number of hydrogen-bond acceptors (Lipinski definition) is 8. The van der Waals surface area contributed by atoms with Gasteiger partial charge in [0.2, 0.25) is 11.7 Å². The number of nitrogens with one attached hydrogen (secondary N) is 2. The number of carbonyl (C=O) groups excluding carboxylic acids is 3. The summed E-state index contributed by atoms with van der Waals surface area (Å²) in [7, 11) is 0. The molecule has 0 radical (unpaired) electrons. The summed E-state index contributed by atoms with van der Waals surface area (Å²) in [6, 6.07) is -1.15. The molecule has 0 aromatic heterocycles. The van der Waals surface area contributed by atoms with E-state index in [9.17, 15) is 29.3 Å². The smallest absolute Gasteiger partial charge is 0.327 e. The van der Waals surface area contributed by atoms with Gasteiger partial charge in [0.1, 0.15) is 6.04 Å². The molecule has 0 aliphatic carbocycles. The molecule has 0 heterocycles. The zero-order chi connectivity index (χ0) is 17.8. The highest BCUT2D eigenvalue weighted by molar-refractivity contribution is 8.00. The van der Waals surface area contributed by atoms with Gasteiger partial charge in [0.05, 0.1) is 12.4 Å². The first-order chi connectivity index (χ1) is 10.7. The van der Waals surface area contributed by atoms with Crippen molar-refractivity contribution in [1.82, 2.24) is 10.6 Å². The second-order valence-corrected chi connectivity index (χ2v) is 5.23. The summed E-state index contributed by atoms with van der Waals surface area (Å²) >= 11 is 0.896. The van der Waals surface area contributed by atoms with Crippen molar-refractivity contribution in [2.75, 3.05) is 24.7 Å². The van der Waals surface area contributed by atoms with E-state index in [1.54, 1.807) is 0 Å². The van der Waals surface area contributed by atoms with Crippen molar-refractivity contribution in [3.05, 3.63) is 10.1 Å². The number of nitrogens with zero attached hydrogens (tertiary/aromatic N) is 1. The molecule has 0 aromatic rings. The molecule has 1 atom stereocenters. The Hall–Kier alpha value is -2.37. The molecule has 0 aliphatic rings. The van der Waals surface area contributed by atoms with Crippen molar-refractivity contribution in [3.8, 4) is 0 Å². The molecule has 23 heavy (non-hydrogen) atoms. The first kappa shape index (κ1) is 20.6. The summed E-state index contributed by atoms with van der Waals surface area (Å²) < 4.78 is 0. The predicted octanol–water partition coefficient (Wildman–Crippen LogP) is -1.41. The molecule has 0 bridgehead atoms. The van der Waals surface area contributed by atoms with E-state index in [0.29, 0.717) is 0 Å². The lowest BCUT2D eigenvalue weighted by Gasteiger charge is -2.12. The van der Waals surface area contributed by atoms with Gasteiger partial charge >= 0.3 is 5.97 Å². The molecular weight excluding hydrogens is 334 g/mol. The van der Waals surface area contributed by atoms with Gasteiger partial charge in [-0.25, -0.2) is 4.79 Å². The van der Waals surface area contributed by atoms with E-state index in [0.717, 1.165) is 11.8 Å². The predicted molar refractivity (Wildman–Crippen MR) is 78.1 cm³/mol. The van der Waals surface area contributed by atoms with E-state index >= 15 is 0 Å². The van der Waals surface area contributed by atoms with Gasteiger partial charge in [-0.2, -0.15) is 11.8 Å². The number of carboxylic acids is 1. The average Bonchev–Trinajstić information content (AvgIpc) is 2.44. The average molecular weight is 351 g/mol. The van der Waals surface area contributed by atoms with Crippen LogP contribution >= 0.6 is 11.8 Å².